The Morgan fingerprint density at radius 2 is 2.00 bits per heavy atom. The fourth-order valence-electron chi connectivity index (χ4n) is 1.23. The van der Waals surface area contributed by atoms with E-state index in [1.54, 1.807) is 18.2 Å². The Labute approximate surface area is 128 Å². The first kappa shape index (κ1) is 16.4. The van der Waals surface area contributed by atoms with Gasteiger partial charge in [-0.3, -0.25) is 4.79 Å². The first-order chi connectivity index (χ1) is 9.24. The van der Waals surface area contributed by atoms with Crippen LogP contribution in [0.2, 0.25) is 10.0 Å². The molecule has 0 aliphatic heterocycles. The van der Waals surface area contributed by atoms with Gasteiger partial charge in [-0.2, -0.15) is 5.26 Å². The molecule has 20 heavy (non-hydrogen) atoms. The van der Waals surface area contributed by atoms with Crippen LogP contribution in [0.15, 0.2) is 30.0 Å². The van der Waals surface area contributed by atoms with E-state index in [9.17, 15) is 4.79 Å². The van der Waals surface area contributed by atoms with E-state index in [-0.39, 0.29) is 16.1 Å². The fourth-order valence-corrected chi connectivity index (χ4v) is 1.58. The lowest BCUT2D eigenvalue weighted by atomic mass is 10.1. The van der Waals surface area contributed by atoms with Crippen molar-refractivity contribution in [1.29, 1.82) is 5.26 Å². The Hall–Kier alpha value is -1.70. The van der Waals surface area contributed by atoms with Gasteiger partial charge in [-0.15, -0.1) is 0 Å². The highest BCUT2D eigenvalue weighted by molar-refractivity contribution is 6.44. The summed E-state index contributed by atoms with van der Waals surface area (Å²) in [6.07, 6.45) is 1.38. The molecule has 6 heteroatoms. The van der Waals surface area contributed by atoms with Gasteiger partial charge in [0.2, 0.25) is 0 Å². The average Bonchev–Trinajstić information content (AvgIpc) is 2.34. The van der Waals surface area contributed by atoms with Crippen LogP contribution in [-0.4, -0.2) is 11.4 Å². The number of rotatable bonds is 3. The highest BCUT2D eigenvalue weighted by Crippen LogP contribution is 2.29. The number of halogens is 2. The maximum atomic E-state index is 12.0. The van der Waals surface area contributed by atoms with Crippen molar-refractivity contribution in [3.8, 4) is 6.07 Å². The zero-order chi connectivity index (χ0) is 15.3. The topological polar surface area (TPSA) is 64.9 Å². The molecule has 0 saturated carbocycles. The number of amides is 1. The Balaban J connectivity index is 2.89. The van der Waals surface area contributed by atoms with Crippen LogP contribution in [-0.2, 0) is 4.79 Å². The summed E-state index contributed by atoms with van der Waals surface area (Å²) in [5.41, 5.74) is 0.0767. The molecule has 1 amide bonds. The van der Waals surface area contributed by atoms with Crippen molar-refractivity contribution in [3.05, 3.63) is 40.0 Å². The fraction of sp³-hybridized carbons (Fsp3) is 0.286. The number of nitrogens with one attached hydrogen (secondary N) is 2. The predicted molar refractivity (Wildman–Crippen MR) is 81.7 cm³/mol. The second-order valence-corrected chi connectivity index (χ2v) is 5.90. The predicted octanol–water partition coefficient (Wildman–Crippen LogP) is 3.73. The minimum Gasteiger partial charge on any atom is -0.385 e. The lowest BCUT2D eigenvalue weighted by Gasteiger charge is -2.18. The molecule has 0 atom stereocenters. The number of hydrogen-bond donors (Lipinski definition) is 2. The van der Waals surface area contributed by atoms with Crippen LogP contribution >= 0.6 is 23.2 Å². The van der Waals surface area contributed by atoms with Crippen LogP contribution in [0.25, 0.3) is 0 Å². The maximum absolute atomic E-state index is 12.0. The normalized spacial score (nSPS) is 11.7. The Morgan fingerprint density at radius 3 is 2.55 bits per heavy atom. The van der Waals surface area contributed by atoms with Gasteiger partial charge in [-0.05, 0) is 32.9 Å². The van der Waals surface area contributed by atoms with E-state index < -0.39 is 5.91 Å². The summed E-state index contributed by atoms with van der Waals surface area (Å²) < 4.78 is 0. The molecule has 1 aromatic carbocycles. The molecule has 0 bridgehead atoms. The van der Waals surface area contributed by atoms with Crippen molar-refractivity contribution in [2.24, 2.45) is 0 Å². The molecule has 0 aliphatic carbocycles. The summed E-state index contributed by atoms with van der Waals surface area (Å²) in [7, 11) is 0. The minimum atomic E-state index is -0.548. The third-order valence-corrected chi connectivity index (χ3v) is 3.03. The van der Waals surface area contributed by atoms with Gasteiger partial charge < -0.3 is 10.6 Å². The summed E-state index contributed by atoms with van der Waals surface area (Å²) in [6.45, 7) is 5.76. The van der Waals surface area contributed by atoms with Gasteiger partial charge in [0.15, 0.2) is 0 Å². The number of hydrogen-bond acceptors (Lipinski definition) is 3. The monoisotopic (exact) mass is 311 g/mol. The summed E-state index contributed by atoms with van der Waals surface area (Å²) >= 11 is 11.8. The molecule has 0 aromatic heterocycles. The minimum absolute atomic E-state index is 0.0454. The van der Waals surface area contributed by atoms with Gasteiger partial charge >= 0.3 is 0 Å². The Kier molecular flexibility index (Phi) is 5.43. The highest BCUT2D eigenvalue weighted by Gasteiger charge is 2.14. The molecule has 106 valence electrons. The van der Waals surface area contributed by atoms with Gasteiger partial charge in [-0.1, -0.05) is 29.3 Å². The quantitative estimate of drug-likeness (QED) is 0.660. The smallest absolute Gasteiger partial charge is 0.267 e. The van der Waals surface area contributed by atoms with E-state index >= 15 is 0 Å². The average molecular weight is 312 g/mol. The zero-order valence-corrected chi connectivity index (χ0v) is 12.9. The van der Waals surface area contributed by atoms with Crippen molar-refractivity contribution in [2.75, 3.05) is 5.32 Å². The molecule has 1 rings (SSSR count). The van der Waals surface area contributed by atoms with Crippen LogP contribution in [0.3, 0.4) is 0 Å². The molecule has 0 aliphatic rings. The standard InChI is InChI=1S/C14H15Cl2N3O/c1-14(2,3)18-8-9(7-17)13(20)19-11-6-4-5-10(15)12(11)16/h4-6,8,18H,1-3H3,(H,19,20)/b9-8-. The summed E-state index contributed by atoms with van der Waals surface area (Å²) in [4.78, 5) is 12.0. The van der Waals surface area contributed by atoms with Crippen LogP contribution in [0.4, 0.5) is 5.69 Å². The Morgan fingerprint density at radius 1 is 1.35 bits per heavy atom. The third kappa shape index (κ3) is 4.76. The van der Waals surface area contributed by atoms with Gasteiger partial charge in [0.05, 0.1) is 15.7 Å². The van der Waals surface area contributed by atoms with Gasteiger partial charge in [0, 0.05) is 11.7 Å². The van der Waals surface area contributed by atoms with Crippen molar-refractivity contribution in [2.45, 2.75) is 26.3 Å². The van der Waals surface area contributed by atoms with Crippen LogP contribution < -0.4 is 10.6 Å². The number of carbonyl (C=O) groups excluding carboxylic acids is 1. The molecule has 0 spiro atoms. The van der Waals surface area contributed by atoms with Gasteiger partial charge in [-0.25, -0.2) is 0 Å². The molecule has 1 aromatic rings. The zero-order valence-electron chi connectivity index (χ0n) is 11.4. The summed E-state index contributed by atoms with van der Waals surface area (Å²) in [5, 5.41) is 15.1. The van der Waals surface area contributed by atoms with Crippen molar-refractivity contribution >= 4 is 34.8 Å². The second kappa shape index (κ2) is 6.65. The highest BCUT2D eigenvalue weighted by atomic mass is 35.5. The molecule has 0 radical (unpaired) electrons. The number of nitriles is 1. The molecule has 0 fully saturated rings. The van der Waals surface area contributed by atoms with E-state index in [1.807, 2.05) is 26.8 Å². The van der Waals surface area contributed by atoms with Crippen molar-refractivity contribution < 1.29 is 4.79 Å². The molecule has 0 unspecified atom stereocenters. The first-order valence-corrected chi connectivity index (χ1v) is 6.63. The molecule has 2 N–H and O–H groups in total. The van der Waals surface area contributed by atoms with E-state index in [1.165, 1.54) is 6.20 Å². The Bertz CT molecular complexity index is 583. The van der Waals surface area contributed by atoms with Crippen molar-refractivity contribution in [1.82, 2.24) is 5.32 Å². The van der Waals surface area contributed by atoms with Crippen LogP contribution in [0.1, 0.15) is 20.8 Å². The van der Waals surface area contributed by atoms with Crippen LogP contribution in [0, 0.1) is 11.3 Å². The number of nitrogens with zero attached hydrogens (tertiary/aromatic N) is 1. The van der Waals surface area contributed by atoms with E-state index in [4.69, 9.17) is 28.5 Å². The first-order valence-electron chi connectivity index (χ1n) is 5.88. The summed E-state index contributed by atoms with van der Waals surface area (Å²) in [5.74, 6) is -0.548. The van der Waals surface area contributed by atoms with E-state index in [2.05, 4.69) is 10.6 Å². The largest absolute Gasteiger partial charge is 0.385 e. The number of anilines is 1. The van der Waals surface area contributed by atoms with Crippen LogP contribution in [0.5, 0.6) is 0 Å². The molecule has 0 saturated heterocycles. The third-order valence-electron chi connectivity index (χ3n) is 2.21. The van der Waals surface area contributed by atoms with E-state index in [0.29, 0.717) is 10.7 Å². The molecular weight excluding hydrogens is 297 g/mol. The number of carbonyl (C=O) groups is 1. The molecular formula is C14H15Cl2N3O. The van der Waals surface area contributed by atoms with Gasteiger partial charge in [0.25, 0.3) is 5.91 Å². The van der Waals surface area contributed by atoms with Gasteiger partial charge in [0.1, 0.15) is 11.6 Å². The van der Waals surface area contributed by atoms with Crippen molar-refractivity contribution in [3.63, 3.8) is 0 Å². The lowest BCUT2D eigenvalue weighted by Crippen LogP contribution is -2.32. The molecule has 0 heterocycles. The maximum Gasteiger partial charge on any atom is 0.267 e. The molecule has 4 nitrogen and oxygen atoms in total. The lowest BCUT2D eigenvalue weighted by molar-refractivity contribution is -0.112. The second-order valence-electron chi connectivity index (χ2n) is 5.12. The van der Waals surface area contributed by atoms with E-state index in [0.717, 1.165) is 0 Å². The SMILES string of the molecule is CC(C)(C)N/C=C(/C#N)C(=O)Nc1cccc(Cl)c1Cl. The number of benzene rings is 1. The summed E-state index contributed by atoms with van der Waals surface area (Å²) in [6, 6.07) is 6.72.